The quantitative estimate of drug-likeness (QED) is 0.780. The Morgan fingerprint density at radius 1 is 1.37 bits per heavy atom. The fourth-order valence-corrected chi connectivity index (χ4v) is 2.78. The van der Waals surface area contributed by atoms with Crippen molar-refractivity contribution in [3.63, 3.8) is 0 Å². The maximum absolute atomic E-state index is 12.0. The van der Waals surface area contributed by atoms with Gasteiger partial charge in [-0.1, -0.05) is 44.2 Å². The lowest BCUT2D eigenvalue weighted by Crippen LogP contribution is -2.32. The van der Waals surface area contributed by atoms with Gasteiger partial charge in [-0.3, -0.25) is 4.79 Å². The molecule has 1 aliphatic heterocycles. The molecular formula is C16H23NO2. The first-order valence-corrected chi connectivity index (χ1v) is 6.87. The van der Waals surface area contributed by atoms with Crippen molar-refractivity contribution in [2.24, 2.45) is 5.41 Å². The van der Waals surface area contributed by atoms with Crippen LogP contribution in [0, 0.1) is 5.41 Å². The summed E-state index contributed by atoms with van der Waals surface area (Å²) in [7, 11) is 1.46. The lowest BCUT2D eigenvalue weighted by Gasteiger charge is -2.24. The van der Waals surface area contributed by atoms with E-state index in [1.807, 2.05) is 30.3 Å². The molecule has 2 rings (SSSR count). The van der Waals surface area contributed by atoms with Crippen LogP contribution in [0.5, 0.6) is 0 Å². The maximum Gasteiger partial charge on any atom is 0.314 e. The van der Waals surface area contributed by atoms with E-state index in [9.17, 15) is 4.79 Å². The van der Waals surface area contributed by atoms with Crippen molar-refractivity contribution in [3.8, 4) is 0 Å². The Morgan fingerprint density at radius 3 is 2.58 bits per heavy atom. The number of rotatable bonds is 4. The van der Waals surface area contributed by atoms with Gasteiger partial charge in [-0.15, -0.1) is 0 Å². The van der Waals surface area contributed by atoms with E-state index in [0.717, 1.165) is 25.2 Å². The number of hydrogen-bond donors (Lipinski definition) is 0. The molecule has 104 valence electrons. The summed E-state index contributed by atoms with van der Waals surface area (Å²) in [4.78, 5) is 14.4. The van der Waals surface area contributed by atoms with Gasteiger partial charge in [0.2, 0.25) is 0 Å². The van der Waals surface area contributed by atoms with Gasteiger partial charge in [-0.25, -0.2) is 0 Å². The standard InChI is InChI=1S/C16H23NO2/c1-16(2)9-10-17(12-16)11-14(15(18)19-3)13-7-5-4-6-8-13/h4-8,14H,9-12H2,1-3H3. The van der Waals surface area contributed by atoms with E-state index in [0.29, 0.717) is 5.41 Å². The molecule has 0 N–H and O–H groups in total. The number of hydrogen-bond acceptors (Lipinski definition) is 3. The minimum atomic E-state index is -0.180. The lowest BCUT2D eigenvalue weighted by atomic mass is 9.93. The molecule has 3 heteroatoms. The molecule has 1 aromatic rings. The Balaban J connectivity index is 2.10. The molecule has 19 heavy (non-hydrogen) atoms. The van der Waals surface area contributed by atoms with E-state index in [1.54, 1.807) is 0 Å². The number of ether oxygens (including phenoxy) is 1. The second-order valence-corrected chi connectivity index (χ2v) is 6.14. The van der Waals surface area contributed by atoms with Crippen LogP contribution in [0.2, 0.25) is 0 Å². The summed E-state index contributed by atoms with van der Waals surface area (Å²) in [6.45, 7) is 7.42. The van der Waals surface area contributed by atoms with E-state index in [4.69, 9.17) is 4.74 Å². The zero-order chi connectivity index (χ0) is 13.9. The summed E-state index contributed by atoms with van der Waals surface area (Å²) in [6.07, 6.45) is 1.19. The van der Waals surface area contributed by atoms with Crippen LogP contribution < -0.4 is 0 Å². The number of methoxy groups -OCH3 is 1. The van der Waals surface area contributed by atoms with Crippen molar-refractivity contribution in [3.05, 3.63) is 35.9 Å². The minimum absolute atomic E-state index is 0.143. The second kappa shape index (κ2) is 5.74. The van der Waals surface area contributed by atoms with E-state index < -0.39 is 0 Å². The Bertz CT molecular complexity index is 428. The van der Waals surface area contributed by atoms with Gasteiger partial charge in [-0.2, -0.15) is 0 Å². The van der Waals surface area contributed by atoms with Crippen molar-refractivity contribution < 1.29 is 9.53 Å². The molecule has 0 saturated carbocycles. The highest BCUT2D eigenvalue weighted by Gasteiger charge is 2.32. The Labute approximate surface area is 115 Å². The molecule has 3 nitrogen and oxygen atoms in total. The monoisotopic (exact) mass is 261 g/mol. The van der Waals surface area contributed by atoms with Crippen molar-refractivity contribution in [2.75, 3.05) is 26.7 Å². The average molecular weight is 261 g/mol. The van der Waals surface area contributed by atoms with Crippen molar-refractivity contribution in [1.82, 2.24) is 4.90 Å². The molecule has 0 bridgehead atoms. The van der Waals surface area contributed by atoms with Gasteiger partial charge in [0, 0.05) is 13.1 Å². The van der Waals surface area contributed by atoms with Crippen LogP contribution in [0.15, 0.2) is 30.3 Å². The fraction of sp³-hybridized carbons (Fsp3) is 0.562. The number of benzene rings is 1. The SMILES string of the molecule is COC(=O)C(CN1CCC(C)(C)C1)c1ccccc1. The number of carbonyl (C=O) groups excluding carboxylic acids is 1. The van der Waals surface area contributed by atoms with Crippen LogP contribution in [0.25, 0.3) is 0 Å². The molecule has 1 aromatic carbocycles. The van der Waals surface area contributed by atoms with Gasteiger partial charge in [0.05, 0.1) is 13.0 Å². The van der Waals surface area contributed by atoms with E-state index >= 15 is 0 Å². The number of nitrogens with zero attached hydrogens (tertiary/aromatic N) is 1. The van der Waals surface area contributed by atoms with Crippen LogP contribution in [0.3, 0.4) is 0 Å². The summed E-state index contributed by atoms with van der Waals surface area (Å²) >= 11 is 0. The van der Waals surface area contributed by atoms with Gasteiger partial charge in [0.1, 0.15) is 0 Å². The molecule has 0 amide bonds. The smallest absolute Gasteiger partial charge is 0.314 e. The molecule has 0 aliphatic carbocycles. The van der Waals surface area contributed by atoms with Gasteiger partial charge < -0.3 is 9.64 Å². The molecule has 1 aliphatic rings. The zero-order valence-corrected chi connectivity index (χ0v) is 12.1. The number of carbonyl (C=O) groups is 1. The third-order valence-corrected chi connectivity index (χ3v) is 3.88. The van der Waals surface area contributed by atoms with E-state index in [1.165, 1.54) is 13.5 Å². The molecule has 0 radical (unpaired) electrons. The minimum Gasteiger partial charge on any atom is -0.469 e. The highest BCUT2D eigenvalue weighted by molar-refractivity contribution is 5.78. The van der Waals surface area contributed by atoms with Gasteiger partial charge in [-0.05, 0) is 23.9 Å². The largest absolute Gasteiger partial charge is 0.469 e. The zero-order valence-electron chi connectivity index (χ0n) is 12.1. The molecule has 0 spiro atoms. The molecule has 1 fully saturated rings. The Morgan fingerprint density at radius 2 is 2.05 bits per heavy atom. The van der Waals surface area contributed by atoms with E-state index in [-0.39, 0.29) is 11.9 Å². The van der Waals surface area contributed by atoms with E-state index in [2.05, 4.69) is 18.7 Å². The first-order valence-electron chi connectivity index (χ1n) is 6.87. The lowest BCUT2D eigenvalue weighted by molar-refractivity contribution is -0.142. The van der Waals surface area contributed by atoms with Gasteiger partial charge in [0.25, 0.3) is 0 Å². The van der Waals surface area contributed by atoms with Gasteiger partial charge in [0.15, 0.2) is 0 Å². The third-order valence-electron chi connectivity index (χ3n) is 3.88. The first-order chi connectivity index (χ1) is 9.02. The summed E-state index contributed by atoms with van der Waals surface area (Å²) in [5.74, 6) is -0.323. The highest BCUT2D eigenvalue weighted by Crippen LogP contribution is 2.30. The van der Waals surface area contributed by atoms with Crippen molar-refractivity contribution in [1.29, 1.82) is 0 Å². The Kier molecular flexibility index (Phi) is 4.25. The van der Waals surface area contributed by atoms with Crippen LogP contribution in [-0.2, 0) is 9.53 Å². The Hall–Kier alpha value is -1.35. The predicted molar refractivity (Wildman–Crippen MR) is 76.0 cm³/mol. The summed E-state index contributed by atoms with van der Waals surface area (Å²) < 4.78 is 4.96. The summed E-state index contributed by atoms with van der Waals surface area (Å²) in [5.41, 5.74) is 1.40. The maximum atomic E-state index is 12.0. The van der Waals surface area contributed by atoms with Gasteiger partial charge >= 0.3 is 5.97 Å². The third kappa shape index (κ3) is 3.57. The molecule has 1 heterocycles. The fourth-order valence-electron chi connectivity index (χ4n) is 2.78. The number of esters is 1. The molecular weight excluding hydrogens is 238 g/mol. The molecule has 0 aromatic heterocycles. The average Bonchev–Trinajstić information content (AvgIpc) is 2.75. The predicted octanol–water partition coefficient (Wildman–Crippen LogP) is 2.68. The molecule has 1 unspecified atom stereocenters. The highest BCUT2D eigenvalue weighted by atomic mass is 16.5. The topological polar surface area (TPSA) is 29.5 Å². The van der Waals surface area contributed by atoms with Crippen LogP contribution in [-0.4, -0.2) is 37.6 Å². The first kappa shape index (κ1) is 14.1. The molecule has 1 saturated heterocycles. The van der Waals surface area contributed by atoms with Crippen LogP contribution in [0.4, 0.5) is 0 Å². The van der Waals surface area contributed by atoms with Crippen molar-refractivity contribution >= 4 is 5.97 Å². The van der Waals surface area contributed by atoms with Crippen molar-refractivity contribution in [2.45, 2.75) is 26.2 Å². The summed E-state index contributed by atoms with van der Waals surface area (Å²) in [6, 6.07) is 9.92. The normalized spacial score (nSPS) is 20.2. The second-order valence-electron chi connectivity index (χ2n) is 6.14. The number of likely N-dealkylation sites (tertiary alicyclic amines) is 1. The summed E-state index contributed by atoms with van der Waals surface area (Å²) in [5, 5.41) is 0. The van der Waals surface area contributed by atoms with Crippen LogP contribution in [0.1, 0.15) is 31.7 Å². The molecule has 1 atom stereocenters. The van der Waals surface area contributed by atoms with Crippen LogP contribution >= 0.6 is 0 Å².